The number of nitrogens with zero attached hydrogens (tertiary/aromatic N) is 2. The molecule has 6 heteroatoms. The van der Waals surface area contributed by atoms with E-state index in [0.29, 0.717) is 0 Å². The third-order valence-corrected chi connectivity index (χ3v) is 12.1. The highest BCUT2D eigenvalue weighted by molar-refractivity contribution is 9.11. The Morgan fingerprint density at radius 2 is 0.950 bits per heavy atom. The highest BCUT2D eigenvalue weighted by atomic mass is 79.9. The van der Waals surface area contributed by atoms with Gasteiger partial charge in [-0.05, 0) is 94.7 Å². The zero-order valence-electron chi connectivity index (χ0n) is 24.7. The van der Waals surface area contributed by atoms with Crippen molar-refractivity contribution in [3.63, 3.8) is 0 Å². The third kappa shape index (κ3) is 8.26. The predicted molar refractivity (Wildman–Crippen MR) is 185 cm³/mol. The number of hydrogen-bond acceptors (Lipinski definition) is 4. The Morgan fingerprint density at radius 1 is 0.575 bits per heavy atom. The van der Waals surface area contributed by atoms with Crippen LogP contribution in [0.3, 0.4) is 0 Å². The number of unbranched alkanes of at least 4 members (excludes halogenated alkanes) is 10. The topological polar surface area (TPSA) is 25.8 Å². The molecule has 3 aromatic heterocycles. The number of thiophene rings is 2. The van der Waals surface area contributed by atoms with Crippen LogP contribution in [0, 0.1) is 13.8 Å². The summed E-state index contributed by atoms with van der Waals surface area (Å²) in [5.41, 5.74) is 9.52. The van der Waals surface area contributed by atoms with E-state index in [1.165, 1.54) is 128 Å². The fraction of sp³-hybridized carbons (Fsp3) is 0.529. The van der Waals surface area contributed by atoms with Gasteiger partial charge in [0.2, 0.25) is 0 Å². The van der Waals surface area contributed by atoms with E-state index in [-0.39, 0.29) is 0 Å². The monoisotopic (exact) mass is 702 g/mol. The van der Waals surface area contributed by atoms with Crippen molar-refractivity contribution in [3.8, 4) is 20.9 Å². The number of rotatable bonds is 16. The minimum absolute atomic E-state index is 1.03. The van der Waals surface area contributed by atoms with Crippen LogP contribution in [-0.2, 0) is 12.8 Å². The summed E-state index contributed by atoms with van der Waals surface area (Å²) < 4.78 is 2.38. The average molecular weight is 705 g/mol. The molecule has 0 aliphatic heterocycles. The van der Waals surface area contributed by atoms with E-state index in [2.05, 4.69) is 83.8 Å². The molecule has 0 N–H and O–H groups in total. The van der Waals surface area contributed by atoms with Gasteiger partial charge < -0.3 is 0 Å². The average Bonchev–Trinajstić information content (AvgIpc) is 3.46. The van der Waals surface area contributed by atoms with E-state index >= 15 is 0 Å². The Labute approximate surface area is 266 Å². The van der Waals surface area contributed by atoms with E-state index in [4.69, 9.17) is 9.97 Å². The van der Waals surface area contributed by atoms with E-state index in [9.17, 15) is 0 Å². The van der Waals surface area contributed by atoms with Gasteiger partial charge in [-0.2, -0.15) is 0 Å². The van der Waals surface area contributed by atoms with Crippen molar-refractivity contribution in [2.24, 2.45) is 0 Å². The van der Waals surface area contributed by atoms with E-state index < -0.39 is 0 Å². The molecule has 0 saturated heterocycles. The first kappa shape index (κ1) is 31.8. The van der Waals surface area contributed by atoms with Crippen LogP contribution in [0.5, 0.6) is 0 Å². The second-order valence-corrected chi connectivity index (χ2v) is 15.9. The Bertz CT molecular complexity index is 1240. The van der Waals surface area contributed by atoms with Crippen molar-refractivity contribution < 1.29 is 0 Å². The molecule has 40 heavy (non-hydrogen) atoms. The molecule has 216 valence electrons. The van der Waals surface area contributed by atoms with Crippen LogP contribution in [0.15, 0.2) is 31.8 Å². The predicted octanol–water partition coefficient (Wildman–Crippen LogP) is 13.0. The molecule has 0 atom stereocenters. The van der Waals surface area contributed by atoms with Gasteiger partial charge >= 0.3 is 0 Å². The van der Waals surface area contributed by atoms with Gasteiger partial charge in [0.05, 0.1) is 30.0 Å². The van der Waals surface area contributed by atoms with Crippen molar-refractivity contribution >= 4 is 65.6 Å². The number of aromatic nitrogens is 2. The molecule has 4 rings (SSSR count). The fourth-order valence-electron chi connectivity index (χ4n) is 5.33. The van der Waals surface area contributed by atoms with E-state index in [1.54, 1.807) is 22.7 Å². The first-order chi connectivity index (χ1) is 19.4. The molecule has 4 aromatic rings. The van der Waals surface area contributed by atoms with Crippen molar-refractivity contribution in [1.29, 1.82) is 0 Å². The molecule has 0 unspecified atom stereocenters. The quantitative estimate of drug-likeness (QED) is 0.109. The lowest BCUT2D eigenvalue weighted by atomic mass is 10.0. The molecule has 0 bridgehead atoms. The van der Waals surface area contributed by atoms with Gasteiger partial charge in [0, 0.05) is 20.9 Å². The Kier molecular flexibility index (Phi) is 12.7. The fourth-order valence-corrected chi connectivity index (χ4v) is 8.46. The summed E-state index contributed by atoms with van der Waals surface area (Å²) >= 11 is 11.1. The van der Waals surface area contributed by atoms with Gasteiger partial charge in [-0.25, -0.2) is 9.97 Å². The molecular weight excluding hydrogens is 660 g/mol. The largest absolute Gasteiger partial charge is 0.249 e. The summed E-state index contributed by atoms with van der Waals surface area (Å²) in [6.45, 7) is 8.91. The van der Waals surface area contributed by atoms with Crippen LogP contribution < -0.4 is 0 Å². The molecule has 0 aliphatic rings. The van der Waals surface area contributed by atoms with Gasteiger partial charge in [0.15, 0.2) is 0 Å². The van der Waals surface area contributed by atoms with Crippen LogP contribution in [0.4, 0.5) is 0 Å². The summed E-state index contributed by atoms with van der Waals surface area (Å²) in [6.07, 6.45) is 17.6. The molecule has 1 aromatic carbocycles. The second-order valence-electron chi connectivity index (χ2n) is 11.1. The van der Waals surface area contributed by atoms with Gasteiger partial charge in [-0.1, -0.05) is 90.2 Å². The van der Waals surface area contributed by atoms with Gasteiger partial charge in [0.1, 0.15) is 0 Å². The second kappa shape index (κ2) is 16.0. The maximum absolute atomic E-state index is 5.49. The molecule has 0 amide bonds. The van der Waals surface area contributed by atoms with Crippen molar-refractivity contribution in [3.05, 3.63) is 54.4 Å². The van der Waals surface area contributed by atoms with Crippen molar-refractivity contribution in [1.82, 2.24) is 9.97 Å². The van der Waals surface area contributed by atoms with E-state index in [1.807, 2.05) is 0 Å². The molecule has 0 aliphatic carbocycles. The lowest BCUT2D eigenvalue weighted by Crippen LogP contribution is -2.05. The van der Waals surface area contributed by atoms with Crippen molar-refractivity contribution in [2.45, 2.75) is 118 Å². The minimum atomic E-state index is 1.03. The molecule has 2 nitrogen and oxygen atoms in total. The lowest BCUT2D eigenvalue weighted by molar-refractivity contribution is 0.593. The SMILES string of the molecule is CCCCCCCCc1nc2c(-c3cc(C)c(Br)s3)ccc(-c3cc(C)c(Br)s3)c2nc1CCCCCCCC. The molecule has 0 fully saturated rings. The zero-order valence-corrected chi connectivity index (χ0v) is 29.5. The van der Waals surface area contributed by atoms with Crippen LogP contribution in [0.2, 0.25) is 0 Å². The van der Waals surface area contributed by atoms with Crippen LogP contribution in [0.1, 0.15) is 113 Å². The summed E-state index contributed by atoms with van der Waals surface area (Å²) in [4.78, 5) is 13.5. The maximum atomic E-state index is 5.49. The number of benzene rings is 1. The molecule has 0 spiro atoms. The standard InChI is InChI=1S/C34H44Br2N2S2/c1-5-7-9-11-13-15-17-27-28(18-16-14-12-10-8-6-2)38-32-26(30-22-24(4)34(36)40-30)20-19-25(31(32)37-27)29-21-23(3)33(35)39-29/h19-22H,5-18H2,1-4H3. The summed E-state index contributed by atoms with van der Waals surface area (Å²) in [6, 6.07) is 9.12. The molecule has 0 radical (unpaired) electrons. The summed E-state index contributed by atoms with van der Waals surface area (Å²) in [5.74, 6) is 0. The number of hydrogen-bond donors (Lipinski definition) is 0. The highest BCUT2D eigenvalue weighted by Crippen LogP contribution is 2.42. The lowest BCUT2D eigenvalue weighted by Gasteiger charge is -2.14. The van der Waals surface area contributed by atoms with Crippen molar-refractivity contribution in [2.75, 3.05) is 0 Å². The van der Waals surface area contributed by atoms with Crippen LogP contribution >= 0.6 is 54.5 Å². The Morgan fingerprint density at radius 3 is 1.30 bits per heavy atom. The molecule has 0 saturated carbocycles. The third-order valence-electron chi connectivity index (χ3n) is 7.76. The van der Waals surface area contributed by atoms with Crippen LogP contribution in [0.25, 0.3) is 31.9 Å². The number of fused-ring (bicyclic) bond motifs is 1. The van der Waals surface area contributed by atoms with E-state index in [0.717, 1.165) is 23.9 Å². The van der Waals surface area contributed by atoms with Gasteiger partial charge in [-0.3, -0.25) is 0 Å². The first-order valence-corrected chi connectivity index (χ1v) is 18.5. The smallest absolute Gasteiger partial charge is 0.0983 e. The number of aryl methyl sites for hydroxylation is 4. The van der Waals surface area contributed by atoms with Gasteiger partial charge in [-0.15, -0.1) is 22.7 Å². The molecule has 3 heterocycles. The Balaban J connectivity index is 1.75. The zero-order chi connectivity index (χ0) is 28.5. The maximum Gasteiger partial charge on any atom is 0.0983 e. The van der Waals surface area contributed by atoms with Crippen LogP contribution in [-0.4, -0.2) is 9.97 Å². The highest BCUT2D eigenvalue weighted by Gasteiger charge is 2.19. The molecular formula is C34H44Br2N2S2. The Hall–Kier alpha value is -1.08. The first-order valence-electron chi connectivity index (χ1n) is 15.3. The van der Waals surface area contributed by atoms with Gasteiger partial charge in [0.25, 0.3) is 0 Å². The normalized spacial score (nSPS) is 11.7. The summed E-state index contributed by atoms with van der Waals surface area (Å²) in [7, 11) is 0. The summed E-state index contributed by atoms with van der Waals surface area (Å²) in [5, 5.41) is 0. The number of halogens is 2. The minimum Gasteiger partial charge on any atom is -0.249 e.